The van der Waals surface area contributed by atoms with E-state index in [0.29, 0.717) is 36.8 Å². The Balaban J connectivity index is 2.37. The van der Waals surface area contributed by atoms with Gasteiger partial charge in [0, 0.05) is 4.47 Å². The number of hydrogen-bond donors (Lipinski definition) is 1. The van der Waals surface area contributed by atoms with Gasteiger partial charge in [-0.25, -0.2) is 4.98 Å². The molecule has 0 saturated heterocycles. The molecular formula is C14H7BrCl2N4. The lowest BCUT2D eigenvalue weighted by Crippen LogP contribution is -2.01. The third-order valence-electron chi connectivity index (χ3n) is 3.07. The minimum atomic E-state index is 0.278. The Morgan fingerprint density at radius 1 is 1.19 bits per heavy atom. The van der Waals surface area contributed by atoms with Crippen LogP contribution >= 0.6 is 39.1 Å². The average molecular weight is 382 g/mol. The van der Waals surface area contributed by atoms with Crippen LogP contribution in [0.3, 0.4) is 0 Å². The molecule has 1 heterocycles. The van der Waals surface area contributed by atoms with Gasteiger partial charge >= 0.3 is 0 Å². The van der Waals surface area contributed by atoms with Crippen LogP contribution in [0.2, 0.25) is 10.0 Å². The molecule has 0 saturated carbocycles. The van der Waals surface area contributed by atoms with E-state index in [4.69, 9.17) is 34.2 Å². The van der Waals surface area contributed by atoms with Crippen LogP contribution in [0, 0.1) is 11.3 Å². The van der Waals surface area contributed by atoms with Crippen molar-refractivity contribution in [2.45, 2.75) is 0 Å². The van der Waals surface area contributed by atoms with Gasteiger partial charge < -0.3 is 5.73 Å². The second-order valence-electron chi connectivity index (χ2n) is 4.32. The van der Waals surface area contributed by atoms with Gasteiger partial charge in [-0.3, -0.25) is 4.57 Å². The quantitative estimate of drug-likeness (QED) is 0.628. The average Bonchev–Trinajstić information content (AvgIpc) is 2.80. The predicted octanol–water partition coefficient (Wildman–Crippen LogP) is 4.55. The number of imidazole rings is 1. The summed E-state index contributed by atoms with van der Waals surface area (Å²) in [5.41, 5.74) is 8.50. The van der Waals surface area contributed by atoms with Crippen molar-refractivity contribution in [3.05, 3.63) is 50.4 Å². The standard InChI is InChI=1S/C14H7BrCl2N4/c15-8-2-4-10(13(17)12(8)16)21-11-5-7(6-18)1-3-9(11)20-14(21)19/h1-5H,(H2,19,20). The number of anilines is 1. The highest BCUT2D eigenvalue weighted by molar-refractivity contribution is 9.10. The van der Waals surface area contributed by atoms with Crippen LogP contribution in [0.5, 0.6) is 0 Å². The highest BCUT2D eigenvalue weighted by atomic mass is 79.9. The van der Waals surface area contributed by atoms with E-state index in [1.165, 1.54) is 0 Å². The minimum absolute atomic E-state index is 0.278. The second kappa shape index (κ2) is 5.23. The number of rotatable bonds is 1. The number of nitrogens with two attached hydrogens (primary N) is 1. The lowest BCUT2D eigenvalue weighted by atomic mass is 10.2. The molecule has 7 heteroatoms. The molecule has 104 valence electrons. The van der Waals surface area contributed by atoms with Crippen LogP contribution in [0.4, 0.5) is 5.95 Å². The zero-order chi connectivity index (χ0) is 15.1. The first kappa shape index (κ1) is 14.2. The number of nitriles is 1. The monoisotopic (exact) mass is 380 g/mol. The van der Waals surface area contributed by atoms with E-state index in [0.717, 1.165) is 0 Å². The van der Waals surface area contributed by atoms with Crippen molar-refractivity contribution >= 4 is 56.1 Å². The lowest BCUT2D eigenvalue weighted by molar-refractivity contribution is 1.11. The van der Waals surface area contributed by atoms with Crippen LogP contribution in [-0.2, 0) is 0 Å². The number of hydrogen-bond acceptors (Lipinski definition) is 3. The zero-order valence-corrected chi connectivity index (χ0v) is 13.5. The first-order valence-electron chi connectivity index (χ1n) is 5.85. The molecule has 0 unspecified atom stereocenters. The maximum Gasteiger partial charge on any atom is 0.205 e. The summed E-state index contributed by atoms with van der Waals surface area (Å²) in [7, 11) is 0. The number of nitrogen functional groups attached to an aromatic ring is 1. The Labute approximate surface area is 138 Å². The molecule has 2 N–H and O–H groups in total. The molecule has 0 aliphatic carbocycles. The van der Waals surface area contributed by atoms with Gasteiger partial charge in [0.1, 0.15) is 0 Å². The van der Waals surface area contributed by atoms with Gasteiger partial charge in [-0.15, -0.1) is 0 Å². The van der Waals surface area contributed by atoms with Gasteiger partial charge in [0.15, 0.2) is 0 Å². The predicted molar refractivity (Wildman–Crippen MR) is 87.9 cm³/mol. The Kier molecular flexibility index (Phi) is 3.54. The normalized spacial score (nSPS) is 10.8. The van der Waals surface area contributed by atoms with Crippen molar-refractivity contribution in [3.63, 3.8) is 0 Å². The van der Waals surface area contributed by atoms with Crippen LogP contribution in [0.15, 0.2) is 34.8 Å². The Bertz CT molecular complexity index is 911. The van der Waals surface area contributed by atoms with Crippen molar-refractivity contribution in [2.75, 3.05) is 5.73 Å². The molecule has 0 bridgehead atoms. The summed E-state index contributed by atoms with van der Waals surface area (Å²) in [5, 5.41) is 9.79. The smallest absolute Gasteiger partial charge is 0.205 e. The van der Waals surface area contributed by atoms with Gasteiger partial charge in [-0.1, -0.05) is 23.2 Å². The maximum absolute atomic E-state index is 9.04. The van der Waals surface area contributed by atoms with E-state index < -0.39 is 0 Å². The molecule has 0 fully saturated rings. The van der Waals surface area contributed by atoms with Gasteiger partial charge in [-0.05, 0) is 46.3 Å². The first-order valence-corrected chi connectivity index (χ1v) is 7.39. The molecule has 0 aliphatic rings. The topological polar surface area (TPSA) is 67.6 Å². The summed E-state index contributed by atoms with van der Waals surface area (Å²) < 4.78 is 2.37. The third kappa shape index (κ3) is 2.26. The largest absolute Gasteiger partial charge is 0.369 e. The Morgan fingerprint density at radius 2 is 1.95 bits per heavy atom. The maximum atomic E-state index is 9.04. The van der Waals surface area contributed by atoms with E-state index in [2.05, 4.69) is 27.0 Å². The zero-order valence-electron chi connectivity index (χ0n) is 10.4. The number of aromatic nitrogens is 2. The summed E-state index contributed by atoms with van der Waals surface area (Å²) >= 11 is 15.8. The summed E-state index contributed by atoms with van der Waals surface area (Å²) in [6, 6.07) is 10.8. The van der Waals surface area contributed by atoms with Crippen molar-refractivity contribution < 1.29 is 0 Å². The fourth-order valence-corrected chi connectivity index (χ4v) is 2.96. The molecule has 3 rings (SSSR count). The number of nitrogens with zero attached hydrogens (tertiary/aromatic N) is 3. The number of halogens is 3. The van der Waals surface area contributed by atoms with Crippen LogP contribution in [-0.4, -0.2) is 9.55 Å². The SMILES string of the molecule is N#Cc1ccc2nc(N)n(-c3ccc(Br)c(Cl)c3Cl)c2c1. The van der Waals surface area contributed by atoms with Crippen molar-refractivity contribution in [3.8, 4) is 11.8 Å². The van der Waals surface area contributed by atoms with Gasteiger partial charge in [0.05, 0.1) is 38.4 Å². The summed E-state index contributed by atoms with van der Waals surface area (Å²) in [6.45, 7) is 0. The molecule has 21 heavy (non-hydrogen) atoms. The molecule has 0 amide bonds. The molecule has 0 radical (unpaired) electrons. The number of benzene rings is 2. The van der Waals surface area contributed by atoms with Gasteiger partial charge in [-0.2, -0.15) is 5.26 Å². The Hall–Kier alpha value is -1.74. The fraction of sp³-hybridized carbons (Fsp3) is 0. The highest BCUT2D eigenvalue weighted by Crippen LogP contribution is 2.37. The Morgan fingerprint density at radius 3 is 2.67 bits per heavy atom. The van der Waals surface area contributed by atoms with E-state index in [1.807, 2.05) is 0 Å². The van der Waals surface area contributed by atoms with Crippen molar-refractivity contribution in [1.29, 1.82) is 5.26 Å². The van der Waals surface area contributed by atoms with Crippen molar-refractivity contribution in [2.24, 2.45) is 0 Å². The third-order valence-corrected chi connectivity index (χ3v) is 4.83. The van der Waals surface area contributed by atoms with Crippen LogP contribution < -0.4 is 5.73 Å². The van der Waals surface area contributed by atoms with Gasteiger partial charge in [0.2, 0.25) is 5.95 Å². The van der Waals surface area contributed by atoms with Crippen LogP contribution in [0.25, 0.3) is 16.7 Å². The van der Waals surface area contributed by atoms with Crippen LogP contribution in [0.1, 0.15) is 5.56 Å². The molecule has 2 aromatic carbocycles. The van der Waals surface area contributed by atoms with E-state index in [-0.39, 0.29) is 5.95 Å². The van der Waals surface area contributed by atoms with E-state index in [1.54, 1.807) is 34.9 Å². The fourth-order valence-electron chi connectivity index (χ4n) is 2.11. The first-order chi connectivity index (χ1) is 10.0. The number of fused-ring (bicyclic) bond motifs is 1. The second-order valence-corrected chi connectivity index (χ2v) is 5.93. The molecule has 3 aromatic rings. The summed E-state index contributed by atoms with van der Waals surface area (Å²) in [6.07, 6.45) is 0. The van der Waals surface area contributed by atoms with Crippen molar-refractivity contribution in [1.82, 2.24) is 9.55 Å². The van der Waals surface area contributed by atoms with Gasteiger partial charge in [0.25, 0.3) is 0 Å². The molecule has 0 spiro atoms. The molecule has 4 nitrogen and oxygen atoms in total. The lowest BCUT2D eigenvalue weighted by Gasteiger charge is -2.11. The molecular weight excluding hydrogens is 375 g/mol. The minimum Gasteiger partial charge on any atom is -0.369 e. The summed E-state index contributed by atoms with van der Waals surface area (Å²) in [4.78, 5) is 4.28. The van der Waals surface area contributed by atoms with E-state index in [9.17, 15) is 0 Å². The molecule has 1 aromatic heterocycles. The highest BCUT2D eigenvalue weighted by Gasteiger charge is 2.16. The molecule has 0 atom stereocenters. The van der Waals surface area contributed by atoms with E-state index >= 15 is 0 Å². The summed E-state index contributed by atoms with van der Waals surface area (Å²) in [5.74, 6) is 0.278. The molecule has 0 aliphatic heterocycles.